The molecule has 45 heavy (non-hydrogen) atoms. The molecule has 3 aromatic carbocycles. The van der Waals surface area contributed by atoms with Crippen LogP contribution in [0.2, 0.25) is 0 Å². The number of halogens is 3. The Kier molecular flexibility index (Phi) is 8.32. The summed E-state index contributed by atoms with van der Waals surface area (Å²) in [5.41, 5.74) is 1.19. The van der Waals surface area contributed by atoms with Crippen LogP contribution in [0.4, 0.5) is 24.7 Å². The molecule has 2 heterocycles. The molecule has 0 aliphatic carbocycles. The van der Waals surface area contributed by atoms with Crippen LogP contribution in [0.25, 0.3) is 5.69 Å². The molecule has 2 atom stereocenters. The summed E-state index contributed by atoms with van der Waals surface area (Å²) < 4.78 is 69.6. The molecule has 1 aliphatic rings. The van der Waals surface area contributed by atoms with E-state index in [0.29, 0.717) is 28.3 Å². The maximum absolute atomic E-state index is 14.3. The number of allylic oxidation sites excluding steroid dienone is 1. The van der Waals surface area contributed by atoms with Crippen molar-refractivity contribution in [2.45, 2.75) is 38.9 Å². The number of likely N-dealkylation sites (N-methyl/N-ethyl adjacent to an activating group) is 1. The van der Waals surface area contributed by atoms with Crippen molar-refractivity contribution in [2.24, 2.45) is 0 Å². The van der Waals surface area contributed by atoms with Gasteiger partial charge in [0.2, 0.25) is 0 Å². The molecule has 2 amide bonds. The average molecular weight is 638 g/mol. The van der Waals surface area contributed by atoms with Gasteiger partial charge in [-0.2, -0.15) is 18.3 Å². The summed E-state index contributed by atoms with van der Waals surface area (Å²) in [4.78, 5) is 29.1. The predicted molar refractivity (Wildman–Crippen MR) is 165 cm³/mol. The number of hydrogen-bond donors (Lipinski definition) is 2. The van der Waals surface area contributed by atoms with Crippen LogP contribution < -0.4 is 14.9 Å². The Morgan fingerprint density at radius 2 is 1.71 bits per heavy atom. The molecule has 0 unspecified atom stereocenters. The third-order valence-corrected chi connectivity index (χ3v) is 8.95. The minimum absolute atomic E-state index is 0.104. The Morgan fingerprint density at radius 3 is 2.36 bits per heavy atom. The summed E-state index contributed by atoms with van der Waals surface area (Å²) in [5, 5.41) is 7.44. The zero-order chi connectivity index (χ0) is 32.7. The molecule has 0 radical (unpaired) electrons. The van der Waals surface area contributed by atoms with Gasteiger partial charge in [-0.3, -0.25) is 19.2 Å². The van der Waals surface area contributed by atoms with Gasteiger partial charge in [-0.25, -0.2) is 13.1 Å². The molecule has 234 valence electrons. The molecule has 0 bridgehead atoms. The van der Waals surface area contributed by atoms with Crippen molar-refractivity contribution in [3.05, 3.63) is 118 Å². The van der Waals surface area contributed by atoms with E-state index in [1.807, 2.05) is 30.3 Å². The third kappa shape index (κ3) is 6.07. The SMILES string of the molecule is C=C(C)S(=O)(=O)Nc1cccc([C@H]2c3c(C)nn(-c4ccccc4)c3N(CC)C(=O)[C@@H]2NC(=O)c2cccc(C(F)(F)F)c2)c1. The zero-order valence-electron chi connectivity index (χ0n) is 24.6. The minimum atomic E-state index is -4.67. The highest BCUT2D eigenvalue weighted by Gasteiger charge is 2.45. The number of sulfonamides is 1. The van der Waals surface area contributed by atoms with Crippen LogP contribution in [-0.2, 0) is 21.0 Å². The highest BCUT2D eigenvalue weighted by molar-refractivity contribution is 7.96. The third-order valence-electron chi connectivity index (χ3n) is 7.53. The number of carbonyl (C=O) groups excluding carboxylic acids is 2. The van der Waals surface area contributed by atoms with Gasteiger partial charge in [-0.1, -0.05) is 43.0 Å². The summed E-state index contributed by atoms with van der Waals surface area (Å²) in [5.74, 6) is -1.82. The lowest BCUT2D eigenvalue weighted by atomic mass is 9.81. The number of anilines is 2. The quantitative estimate of drug-likeness (QED) is 0.255. The molecule has 0 fully saturated rings. The second-order valence-electron chi connectivity index (χ2n) is 10.6. The number of para-hydroxylation sites is 1. The van der Waals surface area contributed by atoms with Gasteiger partial charge in [-0.15, -0.1) is 0 Å². The number of fused-ring (bicyclic) bond motifs is 1. The van der Waals surface area contributed by atoms with E-state index in [-0.39, 0.29) is 22.7 Å². The van der Waals surface area contributed by atoms with Crippen molar-refractivity contribution in [2.75, 3.05) is 16.2 Å². The van der Waals surface area contributed by atoms with Crippen LogP contribution >= 0.6 is 0 Å². The molecule has 13 heteroatoms. The van der Waals surface area contributed by atoms with E-state index < -0.39 is 45.5 Å². The van der Waals surface area contributed by atoms with E-state index >= 15 is 0 Å². The smallest absolute Gasteiger partial charge is 0.339 e. The number of amides is 2. The summed E-state index contributed by atoms with van der Waals surface area (Å²) >= 11 is 0. The Morgan fingerprint density at radius 1 is 1.02 bits per heavy atom. The number of nitrogens with one attached hydrogen (secondary N) is 2. The number of carbonyl (C=O) groups is 2. The molecule has 1 aliphatic heterocycles. The molecule has 4 aromatic rings. The maximum Gasteiger partial charge on any atom is 0.416 e. The van der Waals surface area contributed by atoms with Gasteiger partial charge in [0.25, 0.3) is 21.8 Å². The minimum Gasteiger partial charge on any atom is -0.339 e. The molecule has 0 spiro atoms. The van der Waals surface area contributed by atoms with Crippen molar-refractivity contribution in [1.82, 2.24) is 15.1 Å². The number of rotatable bonds is 8. The molecule has 2 N–H and O–H groups in total. The molecule has 9 nitrogen and oxygen atoms in total. The molecular formula is C32H30F3N5O4S. The maximum atomic E-state index is 14.3. The van der Waals surface area contributed by atoms with Crippen molar-refractivity contribution >= 4 is 33.3 Å². The topological polar surface area (TPSA) is 113 Å². The summed E-state index contributed by atoms with van der Waals surface area (Å²) in [7, 11) is -3.91. The van der Waals surface area contributed by atoms with Gasteiger partial charge in [0.15, 0.2) is 0 Å². The molecule has 1 aromatic heterocycles. The van der Waals surface area contributed by atoms with E-state index in [0.717, 1.165) is 18.2 Å². The molecule has 0 saturated heterocycles. The largest absolute Gasteiger partial charge is 0.416 e. The summed E-state index contributed by atoms with van der Waals surface area (Å²) in [6, 6.07) is 18.2. The first-order valence-corrected chi connectivity index (χ1v) is 15.4. The second-order valence-corrected chi connectivity index (χ2v) is 12.5. The van der Waals surface area contributed by atoms with Gasteiger partial charge < -0.3 is 5.32 Å². The van der Waals surface area contributed by atoms with E-state index in [9.17, 15) is 31.2 Å². The van der Waals surface area contributed by atoms with Crippen LogP contribution in [-0.4, -0.2) is 42.6 Å². The standard InChI is InChI=1S/C32H30F3N5O4S/c1-5-39-30-26(20(4)37-40(30)25-15-7-6-8-16-25)27(21-11-10-14-24(18-21)38-45(43,44)19(2)3)28(31(39)42)36-29(41)22-12-9-13-23(17-22)32(33,34)35/h6-18,27-28,38H,2,5H2,1,3-4H3,(H,36,41)/t27-,28+/m0/s1. The molecule has 0 saturated carbocycles. The van der Waals surface area contributed by atoms with Crippen molar-refractivity contribution < 1.29 is 31.2 Å². The van der Waals surface area contributed by atoms with Gasteiger partial charge in [0, 0.05) is 29.3 Å². The van der Waals surface area contributed by atoms with Gasteiger partial charge >= 0.3 is 6.18 Å². The fourth-order valence-electron chi connectivity index (χ4n) is 5.39. The number of aromatic nitrogens is 2. The Hall–Kier alpha value is -4.91. The fraction of sp³-hybridized carbons (Fsp3) is 0.219. The number of hydrogen-bond acceptors (Lipinski definition) is 5. The number of alkyl halides is 3. The van der Waals surface area contributed by atoms with Gasteiger partial charge in [-0.05, 0) is 68.8 Å². The lowest BCUT2D eigenvalue weighted by molar-refractivity contribution is -0.137. The van der Waals surface area contributed by atoms with Crippen LogP contribution in [0.15, 0.2) is 90.3 Å². The van der Waals surface area contributed by atoms with Gasteiger partial charge in [0.1, 0.15) is 11.9 Å². The Labute approximate surface area is 258 Å². The fourth-order valence-corrected chi connectivity index (χ4v) is 6.00. The average Bonchev–Trinajstić information content (AvgIpc) is 3.33. The van der Waals surface area contributed by atoms with Crippen LogP contribution in [0.3, 0.4) is 0 Å². The molecule has 5 rings (SSSR count). The van der Waals surface area contributed by atoms with Crippen LogP contribution in [0.1, 0.15) is 52.5 Å². The second kappa shape index (κ2) is 11.9. The monoisotopic (exact) mass is 637 g/mol. The molecular weight excluding hydrogens is 607 g/mol. The number of benzene rings is 3. The first kappa shape index (κ1) is 31.5. The van der Waals surface area contributed by atoms with E-state index in [2.05, 4.69) is 16.6 Å². The van der Waals surface area contributed by atoms with E-state index in [1.165, 1.54) is 24.0 Å². The highest BCUT2D eigenvalue weighted by atomic mass is 32.2. The van der Waals surface area contributed by atoms with Crippen LogP contribution in [0.5, 0.6) is 0 Å². The first-order chi connectivity index (χ1) is 21.2. The number of aryl methyl sites for hydroxylation is 1. The lowest BCUT2D eigenvalue weighted by Crippen LogP contribution is -2.55. The van der Waals surface area contributed by atoms with Crippen molar-refractivity contribution in [1.29, 1.82) is 0 Å². The summed E-state index contributed by atoms with van der Waals surface area (Å²) in [6.45, 7) is 8.57. The highest BCUT2D eigenvalue weighted by Crippen LogP contribution is 2.44. The van der Waals surface area contributed by atoms with Crippen molar-refractivity contribution in [3.8, 4) is 5.69 Å². The van der Waals surface area contributed by atoms with E-state index in [4.69, 9.17) is 5.10 Å². The number of nitrogens with zero attached hydrogens (tertiary/aromatic N) is 3. The Bertz CT molecular complexity index is 1910. The van der Waals surface area contributed by atoms with E-state index in [1.54, 1.807) is 36.7 Å². The summed E-state index contributed by atoms with van der Waals surface area (Å²) in [6.07, 6.45) is -4.67. The Balaban J connectivity index is 1.68. The lowest BCUT2D eigenvalue weighted by Gasteiger charge is -2.38. The van der Waals surface area contributed by atoms with Crippen LogP contribution in [0, 0.1) is 6.92 Å². The van der Waals surface area contributed by atoms with Crippen molar-refractivity contribution in [3.63, 3.8) is 0 Å². The van der Waals surface area contributed by atoms with Gasteiger partial charge in [0.05, 0.1) is 21.8 Å². The normalized spacial score (nSPS) is 16.7. The zero-order valence-corrected chi connectivity index (χ0v) is 25.4. The first-order valence-electron chi connectivity index (χ1n) is 14.0. The predicted octanol–water partition coefficient (Wildman–Crippen LogP) is 5.77.